The van der Waals surface area contributed by atoms with Gasteiger partial charge in [-0.3, -0.25) is 0 Å². The highest BCUT2D eigenvalue weighted by Gasteiger charge is 2.48. The first kappa shape index (κ1) is 22.4. The number of hydrazone groups is 1. The zero-order valence-electron chi connectivity index (χ0n) is 16.3. The average molecular weight is 500 g/mol. The maximum Gasteiger partial charge on any atom is 0.230 e. The van der Waals surface area contributed by atoms with Crippen molar-refractivity contribution in [1.82, 2.24) is 10.2 Å². The van der Waals surface area contributed by atoms with Crippen LogP contribution in [0.5, 0.6) is 0 Å². The van der Waals surface area contributed by atoms with Crippen molar-refractivity contribution in [2.45, 2.75) is 24.6 Å². The van der Waals surface area contributed by atoms with Gasteiger partial charge in [0, 0.05) is 5.56 Å². The predicted octanol–water partition coefficient (Wildman–Crippen LogP) is 5.94. The van der Waals surface area contributed by atoms with Gasteiger partial charge in [-0.1, -0.05) is 52.4 Å². The normalized spacial score (nSPS) is 18.5. The number of rotatable bonds is 6. The first-order valence-electron chi connectivity index (χ1n) is 9.33. The van der Waals surface area contributed by atoms with Crippen molar-refractivity contribution in [1.29, 1.82) is 0 Å². The molecule has 0 spiro atoms. The molecule has 0 saturated heterocycles. The third kappa shape index (κ3) is 4.29. The van der Waals surface area contributed by atoms with Crippen LogP contribution in [0.3, 0.4) is 0 Å². The number of thioether (sulfide) groups is 1. The number of nitrogens with two attached hydrogens (primary N) is 1. The van der Waals surface area contributed by atoms with Crippen molar-refractivity contribution < 1.29 is 8.78 Å². The molecule has 11 heteroatoms. The molecule has 162 valence electrons. The van der Waals surface area contributed by atoms with Crippen molar-refractivity contribution >= 4 is 56.5 Å². The summed E-state index contributed by atoms with van der Waals surface area (Å²) < 4.78 is 28.5. The Hall–Kier alpha value is -1.78. The molecule has 0 fully saturated rings. The summed E-state index contributed by atoms with van der Waals surface area (Å²) in [6.45, 7) is 2.28. The van der Waals surface area contributed by atoms with E-state index in [0.717, 1.165) is 28.8 Å². The molecule has 1 aliphatic heterocycles. The fourth-order valence-corrected chi connectivity index (χ4v) is 5.78. The Labute approximate surface area is 196 Å². The van der Waals surface area contributed by atoms with Gasteiger partial charge in [0.15, 0.2) is 0 Å². The van der Waals surface area contributed by atoms with Gasteiger partial charge >= 0.3 is 0 Å². The highest BCUT2D eigenvalue weighted by Crippen LogP contribution is 2.53. The number of aryl methyl sites for hydroxylation is 1. The molecule has 31 heavy (non-hydrogen) atoms. The number of halogens is 4. The van der Waals surface area contributed by atoms with Crippen LogP contribution >= 0.6 is 46.3 Å². The Morgan fingerprint density at radius 2 is 1.90 bits per heavy atom. The summed E-state index contributed by atoms with van der Waals surface area (Å²) >= 11 is 15.1. The fourth-order valence-electron chi connectivity index (χ4n) is 3.30. The smallest absolute Gasteiger partial charge is 0.230 e. The van der Waals surface area contributed by atoms with Crippen LogP contribution in [-0.4, -0.2) is 21.8 Å². The second-order valence-corrected chi connectivity index (χ2v) is 10.1. The van der Waals surface area contributed by atoms with Gasteiger partial charge in [-0.2, -0.15) is 5.10 Å². The molecule has 1 aromatic heterocycles. The van der Waals surface area contributed by atoms with E-state index in [1.807, 2.05) is 13.0 Å². The van der Waals surface area contributed by atoms with Crippen LogP contribution in [-0.2, 0) is 4.87 Å². The van der Waals surface area contributed by atoms with Crippen LogP contribution in [0.2, 0.25) is 10.0 Å². The molecule has 1 aliphatic rings. The lowest BCUT2D eigenvalue weighted by atomic mass is 10.0. The van der Waals surface area contributed by atoms with Crippen LogP contribution in [0, 0.1) is 18.6 Å². The first-order chi connectivity index (χ1) is 14.8. The summed E-state index contributed by atoms with van der Waals surface area (Å²) in [5.74, 6) is -1.11. The van der Waals surface area contributed by atoms with Crippen LogP contribution in [0.4, 0.5) is 13.9 Å². The number of benzene rings is 2. The van der Waals surface area contributed by atoms with Gasteiger partial charge in [0.05, 0.1) is 10.0 Å². The minimum Gasteiger partial charge on any atom is -0.330 e. The topological polar surface area (TPSA) is 67.4 Å². The van der Waals surface area contributed by atoms with Crippen LogP contribution in [0.25, 0.3) is 0 Å². The number of hydrogen-bond donors (Lipinski definition) is 1. The first-order valence-corrected chi connectivity index (χ1v) is 11.7. The summed E-state index contributed by atoms with van der Waals surface area (Å²) in [6.07, 6.45) is 1.20. The molecule has 0 saturated carbocycles. The second-order valence-electron chi connectivity index (χ2n) is 6.85. The minimum atomic E-state index is -0.840. The molecule has 4 rings (SSSR count). The van der Waals surface area contributed by atoms with Crippen molar-refractivity contribution in [3.05, 3.63) is 74.2 Å². The molecule has 0 aliphatic carbocycles. The number of anilines is 1. The van der Waals surface area contributed by atoms with Crippen LogP contribution in [0.1, 0.15) is 29.0 Å². The summed E-state index contributed by atoms with van der Waals surface area (Å²) in [5, 5.41) is 17.1. The van der Waals surface area contributed by atoms with E-state index in [4.69, 9.17) is 28.9 Å². The van der Waals surface area contributed by atoms with Gasteiger partial charge in [-0.15, -0.1) is 10.2 Å². The lowest BCUT2D eigenvalue weighted by Crippen LogP contribution is -2.38. The van der Waals surface area contributed by atoms with Crippen LogP contribution in [0.15, 0.2) is 41.5 Å². The number of hydrogen-bond acceptors (Lipinski definition) is 7. The molecule has 2 aromatic carbocycles. The molecule has 1 unspecified atom stereocenters. The highest BCUT2D eigenvalue weighted by atomic mass is 35.5. The van der Waals surface area contributed by atoms with E-state index in [1.54, 1.807) is 17.1 Å². The molecule has 0 bridgehead atoms. The van der Waals surface area contributed by atoms with Gasteiger partial charge in [0.1, 0.15) is 26.6 Å². The monoisotopic (exact) mass is 499 g/mol. The predicted molar refractivity (Wildman–Crippen MR) is 124 cm³/mol. The van der Waals surface area contributed by atoms with E-state index in [0.29, 0.717) is 39.6 Å². The average Bonchev–Trinajstić information content (AvgIpc) is 3.34. The molecule has 1 atom stereocenters. The molecule has 2 heterocycles. The largest absolute Gasteiger partial charge is 0.330 e. The molecule has 0 radical (unpaired) electrons. The third-order valence-corrected chi connectivity index (χ3v) is 7.74. The molecule has 3 aromatic rings. The van der Waals surface area contributed by atoms with Crippen LogP contribution < -0.4 is 10.7 Å². The second kappa shape index (κ2) is 8.99. The van der Waals surface area contributed by atoms with Gasteiger partial charge in [0.2, 0.25) is 5.13 Å². The number of aromatic nitrogens is 2. The molecular formula is C20H17Cl2F2N5S2. The number of nitrogens with zero attached hydrogens (tertiary/aromatic N) is 4. The quantitative estimate of drug-likeness (QED) is 0.454. The van der Waals surface area contributed by atoms with Gasteiger partial charge in [-0.05, 0) is 62.2 Å². The molecule has 2 N–H and O–H groups in total. The molecule has 5 nitrogen and oxygen atoms in total. The highest BCUT2D eigenvalue weighted by molar-refractivity contribution is 8.15. The zero-order valence-corrected chi connectivity index (χ0v) is 19.4. The molecular weight excluding hydrogens is 483 g/mol. The van der Waals surface area contributed by atoms with Crippen molar-refractivity contribution in [2.75, 3.05) is 11.6 Å². The van der Waals surface area contributed by atoms with E-state index >= 15 is 0 Å². The van der Waals surface area contributed by atoms with E-state index in [2.05, 4.69) is 15.3 Å². The van der Waals surface area contributed by atoms with Gasteiger partial charge in [-0.25, -0.2) is 13.8 Å². The lowest BCUT2D eigenvalue weighted by molar-refractivity contribution is 0.525. The Morgan fingerprint density at radius 3 is 2.58 bits per heavy atom. The maximum atomic E-state index is 14.6. The van der Waals surface area contributed by atoms with Crippen molar-refractivity contribution in [2.24, 2.45) is 10.8 Å². The van der Waals surface area contributed by atoms with Gasteiger partial charge in [0.25, 0.3) is 0 Å². The fraction of sp³-hybridized carbons (Fsp3) is 0.250. The minimum absolute atomic E-state index is 0.0749. The van der Waals surface area contributed by atoms with E-state index in [-0.39, 0.29) is 5.56 Å². The molecule has 0 amide bonds. The Bertz CT molecular complexity index is 1160. The van der Waals surface area contributed by atoms with E-state index < -0.39 is 16.5 Å². The standard InChI is InChI=1S/C20H17Cl2F2N5S2/c1-11-26-27-19(30-11)29-20(7-2-8-25,12-3-5-15(21)16(22)9-12)31-18(28-29)14-10-13(23)4-6-17(14)24/h3-6,9-10H,2,7-8,25H2,1H3. The Balaban J connectivity index is 1.91. The maximum absolute atomic E-state index is 14.6. The summed E-state index contributed by atoms with van der Waals surface area (Å²) in [4.78, 5) is -0.840. The Kier molecular flexibility index (Phi) is 6.50. The van der Waals surface area contributed by atoms with Crippen molar-refractivity contribution in [3.8, 4) is 0 Å². The van der Waals surface area contributed by atoms with Gasteiger partial charge < -0.3 is 5.73 Å². The van der Waals surface area contributed by atoms with E-state index in [1.165, 1.54) is 23.1 Å². The summed E-state index contributed by atoms with van der Waals surface area (Å²) in [7, 11) is 0. The van der Waals surface area contributed by atoms with E-state index in [9.17, 15) is 8.78 Å². The summed E-state index contributed by atoms with van der Waals surface area (Å²) in [5.41, 5.74) is 6.70. The SMILES string of the molecule is Cc1nnc(N2N=C(c3cc(F)ccc3F)SC2(CCCN)c2ccc(Cl)c(Cl)c2)s1. The third-order valence-electron chi connectivity index (χ3n) is 4.74. The van der Waals surface area contributed by atoms with Crippen molar-refractivity contribution in [3.63, 3.8) is 0 Å². The Morgan fingerprint density at radius 1 is 1.10 bits per heavy atom. The lowest BCUT2D eigenvalue weighted by Gasteiger charge is -2.35. The summed E-state index contributed by atoms with van der Waals surface area (Å²) in [6, 6.07) is 8.61. The zero-order chi connectivity index (χ0) is 22.2.